The van der Waals surface area contributed by atoms with E-state index in [0.717, 1.165) is 12.1 Å². The number of nitrogens with one attached hydrogen (secondary N) is 1. The van der Waals surface area contributed by atoms with Crippen LogP contribution in [0.4, 0.5) is 13.2 Å². The molecule has 1 aromatic heterocycles. The third-order valence-corrected chi connectivity index (χ3v) is 3.15. The van der Waals surface area contributed by atoms with Crippen LogP contribution in [0.1, 0.15) is 18.5 Å². The van der Waals surface area contributed by atoms with Gasteiger partial charge in [-0.25, -0.2) is 13.2 Å². The second kappa shape index (κ2) is 7.62. The normalized spacial score (nSPS) is 11.8. The SMILES string of the molecule is C[C@H](C(=O)NCCOc1ccc(F)c(F)c1)c1ncccc1F. The lowest BCUT2D eigenvalue weighted by Gasteiger charge is -2.13. The van der Waals surface area contributed by atoms with Crippen LogP contribution < -0.4 is 10.1 Å². The molecule has 0 fully saturated rings. The number of rotatable bonds is 6. The zero-order valence-electron chi connectivity index (χ0n) is 12.4. The molecule has 1 atom stereocenters. The lowest BCUT2D eigenvalue weighted by atomic mass is 10.1. The highest BCUT2D eigenvalue weighted by Crippen LogP contribution is 2.16. The Hall–Kier alpha value is -2.57. The van der Waals surface area contributed by atoms with Gasteiger partial charge in [0.05, 0.1) is 18.2 Å². The quantitative estimate of drug-likeness (QED) is 0.831. The first kappa shape index (κ1) is 16.8. The van der Waals surface area contributed by atoms with Gasteiger partial charge in [0.1, 0.15) is 18.2 Å². The molecule has 4 nitrogen and oxygen atoms in total. The molecule has 1 amide bonds. The predicted molar refractivity (Wildman–Crippen MR) is 77.5 cm³/mol. The van der Waals surface area contributed by atoms with Gasteiger partial charge < -0.3 is 10.1 Å². The Labute approximate surface area is 131 Å². The molecule has 0 aliphatic heterocycles. The van der Waals surface area contributed by atoms with Crippen molar-refractivity contribution in [2.75, 3.05) is 13.2 Å². The zero-order valence-corrected chi connectivity index (χ0v) is 12.4. The fourth-order valence-electron chi connectivity index (χ4n) is 1.90. The number of carbonyl (C=O) groups is 1. The van der Waals surface area contributed by atoms with Gasteiger partial charge in [0.15, 0.2) is 11.6 Å². The second-order valence-corrected chi connectivity index (χ2v) is 4.81. The minimum Gasteiger partial charge on any atom is -0.492 e. The fraction of sp³-hybridized carbons (Fsp3) is 0.250. The lowest BCUT2D eigenvalue weighted by Crippen LogP contribution is -2.32. The molecule has 0 aliphatic carbocycles. The maximum atomic E-state index is 13.5. The number of pyridine rings is 1. The summed E-state index contributed by atoms with van der Waals surface area (Å²) in [6, 6.07) is 5.84. The van der Waals surface area contributed by atoms with Gasteiger partial charge in [-0.15, -0.1) is 0 Å². The lowest BCUT2D eigenvalue weighted by molar-refractivity contribution is -0.122. The van der Waals surface area contributed by atoms with Crippen LogP contribution >= 0.6 is 0 Å². The van der Waals surface area contributed by atoms with E-state index in [1.807, 2.05) is 0 Å². The van der Waals surface area contributed by atoms with Crippen molar-refractivity contribution in [1.29, 1.82) is 0 Å². The molecule has 0 saturated carbocycles. The Balaban J connectivity index is 1.80. The van der Waals surface area contributed by atoms with E-state index in [1.54, 1.807) is 0 Å². The van der Waals surface area contributed by atoms with Crippen molar-refractivity contribution in [2.24, 2.45) is 0 Å². The summed E-state index contributed by atoms with van der Waals surface area (Å²) in [5, 5.41) is 2.57. The van der Waals surface area contributed by atoms with Gasteiger partial charge in [0.2, 0.25) is 5.91 Å². The van der Waals surface area contributed by atoms with Crippen LogP contribution in [0.5, 0.6) is 5.75 Å². The molecule has 1 heterocycles. The van der Waals surface area contributed by atoms with Crippen molar-refractivity contribution in [3.8, 4) is 5.75 Å². The van der Waals surface area contributed by atoms with E-state index in [0.29, 0.717) is 0 Å². The number of aromatic nitrogens is 1. The Morgan fingerprint density at radius 1 is 1.22 bits per heavy atom. The van der Waals surface area contributed by atoms with E-state index in [4.69, 9.17) is 4.74 Å². The average Bonchev–Trinajstić information content (AvgIpc) is 2.54. The number of hydrogen-bond donors (Lipinski definition) is 1. The molecular formula is C16H15F3N2O2. The molecule has 1 N–H and O–H groups in total. The predicted octanol–water partition coefficient (Wildman–Crippen LogP) is 2.80. The first-order valence-electron chi connectivity index (χ1n) is 6.95. The molecule has 2 rings (SSSR count). The monoisotopic (exact) mass is 324 g/mol. The van der Waals surface area contributed by atoms with Gasteiger partial charge in [-0.1, -0.05) is 0 Å². The van der Waals surface area contributed by atoms with Crippen LogP contribution in [0.15, 0.2) is 36.5 Å². The maximum Gasteiger partial charge on any atom is 0.229 e. The molecule has 0 radical (unpaired) electrons. The van der Waals surface area contributed by atoms with Gasteiger partial charge in [-0.2, -0.15) is 0 Å². The van der Waals surface area contributed by atoms with Crippen LogP contribution in [0, 0.1) is 17.5 Å². The summed E-state index contributed by atoms with van der Waals surface area (Å²) in [6.07, 6.45) is 1.41. The minimum atomic E-state index is -1.01. The maximum absolute atomic E-state index is 13.5. The number of amides is 1. The third-order valence-electron chi connectivity index (χ3n) is 3.15. The number of nitrogens with zero attached hydrogens (tertiary/aromatic N) is 1. The standard InChI is InChI=1S/C16H15F3N2O2/c1-10(15-13(18)3-2-6-20-15)16(22)21-7-8-23-11-4-5-12(17)14(19)9-11/h2-6,9-10H,7-8H2,1H3,(H,21,22)/t10-/m0/s1. The molecule has 0 unspecified atom stereocenters. The second-order valence-electron chi connectivity index (χ2n) is 4.81. The molecule has 0 bridgehead atoms. The number of benzene rings is 1. The molecule has 0 aliphatic rings. The van der Waals surface area contributed by atoms with E-state index < -0.39 is 29.3 Å². The summed E-state index contributed by atoms with van der Waals surface area (Å²) < 4.78 is 44.5. The molecule has 0 saturated heterocycles. The van der Waals surface area contributed by atoms with Gasteiger partial charge in [0, 0.05) is 12.3 Å². The van der Waals surface area contributed by atoms with Gasteiger partial charge in [-0.05, 0) is 31.2 Å². The Bertz CT molecular complexity index is 695. The summed E-state index contributed by atoms with van der Waals surface area (Å²) in [5.41, 5.74) is 0.0616. The number of ether oxygens (including phenoxy) is 1. The van der Waals surface area contributed by atoms with Crippen LogP contribution in [-0.2, 0) is 4.79 Å². The Morgan fingerprint density at radius 2 is 2.00 bits per heavy atom. The highest BCUT2D eigenvalue weighted by Gasteiger charge is 2.19. The summed E-state index contributed by atoms with van der Waals surface area (Å²) in [4.78, 5) is 15.8. The summed E-state index contributed by atoms with van der Waals surface area (Å²) in [7, 11) is 0. The summed E-state index contributed by atoms with van der Waals surface area (Å²) in [6.45, 7) is 1.74. The molecule has 2 aromatic rings. The van der Waals surface area contributed by atoms with Crippen molar-refractivity contribution >= 4 is 5.91 Å². The molecular weight excluding hydrogens is 309 g/mol. The highest BCUT2D eigenvalue weighted by atomic mass is 19.2. The smallest absolute Gasteiger partial charge is 0.229 e. The van der Waals surface area contributed by atoms with Crippen molar-refractivity contribution in [2.45, 2.75) is 12.8 Å². The molecule has 7 heteroatoms. The Kier molecular flexibility index (Phi) is 5.56. The summed E-state index contributed by atoms with van der Waals surface area (Å²) >= 11 is 0. The van der Waals surface area contributed by atoms with Crippen LogP contribution in [0.2, 0.25) is 0 Å². The number of hydrogen-bond acceptors (Lipinski definition) is 3. The van der Waals surface area contributed by atoms with E-state index in [2.05, 4.69) is 10.3 Å². The van der Waals surface area contributed by atoms with Crippen molar-refractivity contribution in [1.82, 2.24) is 10.3 Å². The number of halogens is 3. The minimum absolute atomic E-state index is 0.0616. The van der Waals surface area contributed by atoms with Crippen LogP contribution in [-0.4, -0.2) is 24.0 Å². The molecule has 0 spiro atoms. The third kappa shape index (κ3) is 4.45. The first-order valence-corrected chi connectivity index (χ1v) is 6.95. The average molecular weight is 324 g/mol. The van der Waals surface area contributed by atoms with Gasteiger partial charge >= 0.3 is 0 Å². The molecule has 122 valence electrons. The van der Waals surface area contributed by atoms with Crippen LogP contribution in [0.25, 0.3) is 0 Å². The van der Waals surface area contributed by atoms with E-state index in [1.165, 1.54) is 31.3 Å². The van der Waals surface area contributed by atoms with Crippen molar-refractivity contribution in [3.05, 3.63) is 59.7 Å². The van der Waals surface area contributed by atoms with Crippen molar-refractivity contribution < 1.29 is 22.7 Å². The zero-order chi connectivity index (χ0) is 16.8. The Morgan fingerprint density at radius 3 is 2.70 bits per heavy atom. The highest BCUT2D eigenvalue weighted by molar-refractivity contribution is 5.82. The topological polar surface area (TPSA) is 51.2 Å². The van der Waals surface area contributed by atoms with Gasteiger partial charge in [-0.3, -0.25) is 9.78 Å². The largest absolute Gasteiger partial charge is 0.492 e. The van der Waals surface area contributed by atoms with E-state index in [9.17, 15) is 18.0 Å². The number of carbonyl (C=O) groups excluding carboxylic acids is 1. The summed E-state index contributed by atoms with van der Waals surface area (Å²) in [5.74, 6) is -3.52. The fourth-order valence-corrected chi connectivity index (χ4v) is 1.90. The van der Waals surface area contributed by atoms with Crippen LogP contribution in [0.3, 0.4) is 0 Å². The van der Waals surface area contributed by atoms with Gasteiger partial charge in [0.25, 0.3) is 0 Å². The first-order chi connectivity index (χ1) is 11.0. The molecule has 1 aromatic carbocycles. The van der Waals surface area contributed by atoms with Crippen molar-refractivity contribution in [3.63, 3.8) is 0 Å². The van der Waals surface area contributed by atoms with E-state index >= 15 is 0 Å². The van der Waals surface area contributed by atoms with E-state index in [-0.39, 0.29) is 24.6 Å². The molecule has 23 heavy (non-hydrogen) atoms.